The molecule has 128 valence electrons. The summed E-state index contributed by atoms with van der Waals surface area (Å²) in [6.07, 6.45) is 3.23. The third kappa shape index (κ3) is 3.24. The van der Waals surface area contributed by atoms with Crippen molar-refractivity contribution in [1.29, 1.82) is 0 Å². The predicted molar refractivity (Wildman–Crippen MR) is 94.5 cm³/mol. The number of benzene rings is 1. The minimum atomic E-state index is -0.448. The zero-order chi connectivity index (χ0) is 18.0. The molecule has 2 aromatic heterocycles. The van der Waals surface area contributed by atoms with E-state index in [-0.39, 0.29) is 5.56 Å². The number of hydrogen-bond donors (Lipinski definition) is 0. The molecule has 0 saturated carbocycles. The average molecular weight is 337 g/mol. The number of aryl methyl sites for hydroxylation is 2. The predicted octanol–water partition coefficient (Wildman–Crippen LogP) is 2.39. The smallest absolute Gasteiger partial charge is 0.356 e. The van der Waals surface area contributed by atoms with E-state index in [1.54, 1.807) is 30.8 Å². The molecular weight excluding hydrogens is 318 g/mol. The van der Waals surface area contributed by atoms with Gasteiger partial charge in [-0.25, -0.2) is 9.78 Å². The molecular formula is C19H19N3O3. The van der Waals surface area contributed by atoms with E-state index in [1.165, 1.54) is 17.9 Å². The summed E-state index contributed by atoms with van der Waals surface area (Å²) in [4.78, 5) is 28.5. The Morgan fingerprint density at radius 2 is 1.96 bits per heavy atom. The SMILES string of the molecule is COC(=O)c1cnc(-c2cc(C)c(=O)n(C)c2)n1Cc1ccccc1. The first-order chi connectivity index (χ1) is 12.0. The lowest BCUT2D eigenvalue weighted by Gasteiger charge is -2.12. The number of carbonyl (C=O) groups excluding carboxylic acids is 1. The topological polar surface area (TPSA) is 66.1 Å². The zero-order valence-electron chi connectivity index (χ0n) is 14.4. The number of rotatable bonds is 4. The Morgan fingerprint density at radius 1 is 1.24 bits per heavy atom. The first-order valence-electron chi connectivity index (χ1n) is 7.86. The lowest BCUT2D eigenvalue weighted by Crippen LogP contribution is -2.19. The van der Waals surface area contributed by atoms with Gasteiger partial charge in [0.2, 0.25) is 0 Å². The Hall–Kier alpha value is -3.15. The van der Waals surface area contributed by atoms with Gasteiger partial charge in [-0.3, -0.25) is 4.79 Å². The van der Waals surface area contributed by atoms with Crippen LogP contribution in [-0.4, -0.2) is 27.2 Å². The quantitative estimate of drug-likeness (QED) is 0.686. The highest BCUT2D eigenvalue weighted by molar-refractivity contribution is 5.88. The average Bonchev–Trinajstić information content (AvgIpc) is 3.03. The van der Waals surface area contributed by atoms with Gasteiger partial charge in [0.05, 0.1) is 13.3 Å². The minimum absolute atomic E-state index is 0.0573. The lowest BCUT2D eigenvalue weighted by molar-refractivity contribution is 0.0589. The van der Waals surface area contributed by atoms with E-state index in [2.05, 4.69) is 4.98 Å². The maximum Gasteiger partial charge on any atom is 0.356 e. The van der Waals surface area contributed by atoms with Crippen LogP contribution < -0.4 is 5.56 Å². The summed E-state index contributed by atoms with van der Waals surface area (Å²) in [6.45, 7) is 2.24. The number of aromatic nitrogens is 3. The molecule has 0 radical (unpaired) electrons. The molecule has 0 unspecified atom stereocenters. The van der Waals surface area contributed by atoms with Crippen LogP contribution in [0, 0.1) is 6.92 Å². The van der Waals surface area contributed by atoms with Gasteiger partial charge in [-0.1, -0.05) is 30.3 Å². The molecule has 0 aliphatic carbocycles. The standard InChI is InChI=1S/C19H19N3O3/c1-13-9-15(12-21(2)18(13)23)17-20-10-16(19(24)25-3)22(17)11-14-7-5-4-6-8-14/h4-10,12H,11H2,1-3H3. The van der Waals surface area contributed by atoms with Gasteiger partial charge >= 0.3 is 5.97 Å². The molecule has 2 heterocycles. The maximum absolute atomic E-state index is 12.1. The number of ether oxygens (including phenoxy) is 1. The third-order valence-corrected chi connectivity index (χ3v) is 4.05. The van der Waals surface area contributed by atoms with Crippen LogP contribution in [0.3, 0.4) is 0 Å². The number of carbonyl (C=O) groups is 1. The Labute approximate surface area is 145 Å². The van der Waals surface area contributed by atoms with Gasteiger partial charge in [0.1, 0.15) is 11.5 Å². The largest absolute Gasteiger partial charge is 0.464 e. The zero-order valence-corrected chi connectivity index (χ0v) is 14.4. The van der Waals surface area contributed by atoms with Crippen LogP contribution in [0.4, 0.5) is 0 Å². The minimum Gasteiger partial charge on any atom is -0.464 e. The van der Waals surface area contributed by atoms with Gasteiger partial charge in [0.15, 0.2) is 0 Å². The molecule has 6 heteroatoms. The van der Waals surface area contributed by atoms with E-state index in [0.717, 1.165) is 11.1 Å². The van der Waals surface area contributed by atoms with Gasteiger partial charge < -0.3 is 13.9 Å². The molecule has 0 N–H and O–H groups in total. The van der Waals surface area contributed by atoms with Crippen molar-refractivity contribution >= 4 is 5.97 Å². The number of imidazole rings is 1. The van der Waals surface area contributed by atoms with Gasteiger partial charge in [-0.2, -0.15) is 0 Å². The molecule has 0 spiro atoms. The van der Waals surface area contributed by atoms with E-state index >= 15 is 0 Å². The molecule has 0 aliphatic rings. The molecule has 3 rings (SSSR count). The summed E-state index contributed by atoms with van der Waals surface area (Å²) in [5, 5.41) is 0. The highest BCUT2D eigenvalue weighted by Crippen LogP contribution is 2.21. The highest BCUT2D eigenvalue weighted by atomic mass is 16.5. The monoisotopic (exact) mass is 337 g/mol. The number of nitrogens with zero attached hydrogens (tertiary/aromatic N) is 3. The van der Waals surface area contributed by atoms with Gasteiger partial charge in [-0.15, -0.1) is 0 Å². The van der Waals surface area contributed by atoms with E-state index < -0.39 is 5.97 Å². The Morgan fingerprint density at radius 3 is 2.60 bits per heavy atom. The number of esters is 1. The van der Waals surface area contributed by atoms with Crippen molar-refractivity contribution in [1.82, 2.24) is 14.1 Å². The fraction of sp³-hybridized carbons (Fsp3) is 0.211. The van der Waals surface area contributed by atoms with Crippen LogP contribution in [0.25, 0.3) is 11.4 Å². The van der Waals surface area contributed by atoms with Crippen LogP contribution in [0.15, 0.2) is 53.6 Å². The molecule has 3 aromatic rings. The van der Waals surface area contributed by atoms with Gasteiger partial charge in [-0.05, 0) is 18.6 Å². The normalized spacial score (nSPS) is 10.7. The summed E-state index contributed by atoms with van der Waals surface area (Å²) in [7, 11) is 3.04. The van der Waals surface area contributed by atoms with Crippen molar-refractivity contribution in [3.05, 3.63) is 76.0 Å². The lowest BCUT2D eigenvalue weighted by atomic mass is 10.2. The van der Waals surface area contributed by atoms with Crippen molar-refractivity contribution in [2.24, 2.45) is 7.05 Å². The second kappa shape index (κ2) is 6.76. The second-order valence-corrected chi connectivity index (χ2v) is 5.86. The molecule has 0 fully saturated rings. The van der Waals surface area contributed by atoms with Crippen LogP contribution in [0.2, 0.25) is 0 Å². The summed E-state index contributed by atoms with van der Waals surface area (Å²) >= 11 is 0. The van der Waals surface area contributed by atoms with E-state index in [0.29, 0.717) is 23.6 Å². The fourth-order valence-corrected chi connectivity index (χ4v) is 2.80. The van der Waals surface area contributed by atoms with Crippen molar-refractivity contribution in [2.45, 2.75) is 13.5 Å². The van der Waals surface area contributed by atoms with E-state index in [9.17, 15) is 9.59 Å². The van der Waals surface area contributed by atoms with Crippen LogP contribution in [0.5, 0.6) is 0 Å². The first kappa shape index (κ1) is 16.7. The highest BCUT2D eigenvalue weighted by Gasteiger charge is 2.19. The van der Waals surface area contributed by atoms with Crippen molar-refractivity contribution in [3.8, 4) is 11.4 Å². The van der Waals surface area contributed by atoms with E-state index in [4.69, 9.17) is 4.74 Å². The Bertz CT molecular complexity index is 945. The Balaban J connectivity index is 2.15. The summed E-state index contributed by atoms with van der Waals surface area (Å²) in [5.74, 6) is 0.166. The molecule has 0 atom stereocenters. The van der Waals surface area contributed by atoms with E-state index in [1.807, 2.05) is 30.3 Å². The summed E-state index contributed by atoms with van der Waals surface area (Å²) < 4.78 is 8.20. The van der Waals surface area contributed by atoms with Crippen molar-refractivity contribution < 1.29 is 9.53 Å². The Kier molecular flexibility index (Phi) is 4.52. The fourth-order valence-electron chi connectivity index (χ4n) is 2.80. The third-order valence-electron chi connectivity index (χ3n) is 4.05. The van der Waals surface area contributed by atoms with Crippen molar-refractivity contribution in [3.63, 3.8) is 0 Å². The molecule has 0 saturated heterocycles. The first-order valence-corrected chi connectivity index (χ1v) is 7.86. The van der Waals surface area contributed by atoms with Gasteiger partial charge in [0.25, 0.3) is 5.56 Å². The summed E-state index contributed by atoms with van der Waals surface area (Å²) in [6, 6.07) is 11.6. The van der Waals surface area contributed by atoms with Crippen LogP contribution in [-0.2, 0) is 18.3 Å². The van der Waals surface area contributed by atoms with Crippen LogP contribution in [0.1, 0.15) is 21.6 Å². The summed E-state index contributed by atoms with van der Waals surface area (Å²) in [5.41, 5.74) is 2.74. The molecule has 1 aromatic carbocycles. The van der Waals surface area contributed by atoms with Crippen LogP contribution >= 0.6 is 0 Å². The van der Waals surface area contributed by atoms with Gasteiger partial charge in [0, 0.05) is 30.9 Å². The number of hydrogen-bond acceptors (Lipinski definition) is 4. The molecule has 0 amide bonds. The number of methoxy groups -OCH3 is 1. The second-order valence-electron chi connectivity index (χ2n) is 5.86. The maximum atomic E-state index is 12.1. The molecule has 25 heavy (non-hydrogen) atoms. The van der Waals surface area contributed by atoms with Crippen molar-refractivity contribution in [2.75, 3.05) is 7.11 Å². The molecule has 6 nitrogen and oxygen atoms in total. The molecule has 0 aliphatic heterocycles. The molecule has 0 bridgehead atoms. The number of pyridine rings is 1.